The number of carbonyl (C=O) groups is 1. The van der Waals surface area contributed by atoms with Gasteiger partial charge in [0.05, 0.1) is 6.61 Å². The molecule has 1 unspecified atom stereocenters. The molecule has 1 aromatic carbocycles. The van der Waals surface area contributed by atoms with E-state index in [0.717, 1.165) is 30.5 Å². The molecule has 1 aliphatic heterocycles. The van der Waals surface area contributed by atoms with Crippen LogP contribution in [0.4, 0.5) is 0 Å². The molecular weight excluding hydrogens is 282 g/mol. The summed E-state index contributed by atoms with van der Waals surface area (Å²) in [6.45, 7) is 2.32. The van der Waals surface area contributed by atoms with Gasteiger partial charge in [-0.3, -0.25) is 4.79 Å². The molecule has 92 valence electrons. The van der Waals surface area contributed by atoms with Gasteiger partial charge in [0.2, 0.25) is 0 Å². The van der Waals surface area contributed by atoms with Crippen LogP contribution in [0.1, 0.15) is 23.2 Å². The van der Waals surface area contributed by atoms with Gasteiger partial charge in [-0.2, -0.15) is 0 Å². The minimum atomic E-state index is -0.0168. The SMILES string of the molecule is O=C(NCC1CCCOC1)c1cccc(Br)c1. The van der Waals surface area contributed by atoms with Gasteiger partial charge in [0.1, 0.15) is 0 Å². The summed E-state index contributed by atoms with van der Waals surface area (Å²) < 4.78 is 6.30. The van der Waals surface area contributed by atoms with Gasteiger partial charge < -0.3 is 10.1 Å². The predicted molar refractivity (Wildman–Crippen MR) is 70.0 cm³/mol. The van der Waals surface area contributed by atoms with E-state index in [-0.39, 0.29) is 5.91 Å². The van der Waals surface area contributed by atoms with E-state index in [1.54, 1.807) is 0 Å². The lowest BCUT2D eigenvalue weighted by Gasteiger charge is -2.22. The summed E-state index contributed by atoms with van der Waals surface area (Å²) in [4.78, 5) is 11.9. The predicted octanol–water partition coefficient (Wildman–Crippen LogP) is 2.61. The van der Waals surface area contributed by atoms with Crippen molar-refractivity contribution in [3.05, 3.63) is 34.3 Å². The molecule has 4 heteroatoms. The monoisotopic (exact) mass is 297 g/mol. The second-order valence-electron chi connectivity index (χ2n) is 4.30. The Labute approximate surface area is 110 Å². The fourth-order valence-electron chi connectivity index (χ4n) is 1.94. The Kier molecular flexibility index (Phi) is 4.57. The van der Waals surface area contributed by atoms with E-state index < -0.39 is 0 Å². The Morgan fingerprint density at radius 3 is 3.12 bits per heavy atom. The molecule has 2 rings (SSSR count). The van der Waals surface area contributed by atoms with E-state index in [1.165, 1.54) is 0 Å². The third-order valence-electron chi connectivity index (χ3n) is 2.89. The molecule has 0 saturated carbocycles. The maximum absolute atomic E-state index is 11.9. The molecule has 3 nitrogen and oxygen atoms in total. The minimum Gasteiger partial charge on any atom is -0.381 e. The Hall–Kier alpha value is -0.870. The largest absolute Gasteiger partial charge is 0.381 e. The van der Waals surface area contributed by atoms with Crippen LogP contribution in [0, 0.1) is 5.92 Å². The van der Waals surface area contributed by atoms with Gasteiger partial charge in [-0.1, -0.05) is 22.0 Å². The molecule has 1 atom stereocenters. The van der Waals surface area contributed by atoms with E-state index in [0.29, 0.717) is 18.0 Å². The molecule has 1 N–H and O–H groups in total. The Balaban J connectivity index is 1.84. The number of ether oxygens (including phenoxy) is 1. The van der Waals surface area contributed by atoms with Crippen LogP contribution in [0.15, 0.2) is 28.7 Å². The molecule has 0 aliphatic carbocycles. The Morgan fingerprint density at radius 2 is 2.41 bits per heavy atom. The van der Waals surface area contributed by atoms with Crippen molar-refractivity contribution in [1.29, 1.82) is 0 Å². The van der Waals surface area contributed by atoms with E-state index in [9.17, 15) is 4.79 Å². The number of hydrogen-bond acceptors (Lipinski definition) is 2. The number of carbonyl (C=O) groups excluding carboxylic acids is 1. The van der Waals surface area contributed by atoms with Crippen molar-refractivity contribution in [3.8, 4) is 0 Å². The number of halogens is 1. The lowest BCUT2D eigenvalue weighted by atomic mass is 10.0. The summed E-state index contributed by atoms with van der Waals surface area (Å²) in [5.74, 6) is 0.441. The highest BCUT2D eigenvalue weighted by molar-refractivity contribution is 9.10. The standard InChI is InChI=1S/C13H16BrNO2/c14-12-5-1-4-11(7-12)13(16)15-8-10-3-2-6-17-9-10/h1,4-5,7,10H,2-3,6,8-9H2,(H,15,16). The molecule has 1 aliphatic rings. The highest BCUT2D eigenvalue weighted by Crippen LogP contribution is 2.14. The fraction of sp³-hybridized carbons (Fsp3) is 0.462. The van der Waals surface area contributed by atoms with E-state index in [4.69, 9.17) is 4.74 Å². The van der Waals surface area contributed by atoms with Crippen LogP contribution in [-0.2, 0) is 4.74 Å². The van der Waals surface area contributed by atoms with Crippen molar-refractivity contribution in [2.75, 3.05) is 19.8 Å². The molecule has 0 bridgehead atoms. The number of rotatable bonds is 3. The highest BCUT2D eigenvalue weighted by Gasteiger charge is 2.15. The van der Waals surface area contributed by atoms with Crippen LogP contribution in [0.2, 0.25) is 0 Å². The summed E-state index contributed by atoms with van der Waals surface area (Å²) in [5.41, 5.74) is 0.691. The number of benzene rings is 1. The zero-order valence-electron chi connectivity index (χ0n) is 9.62. The second kappa shape index (κ2) is 6.17. The lowest BCUT2D eigenvalue weighted by molar-refractivity contribution is 0.0536. The molecule has 17 heavy (non-hydrogen) atoms. The third-order valence-corrected chi connectivity index (χ3v) is 3.39. The fourth-order valence-corrected chi connectivity index (χ4v) is 2.34. The first-order chi connectivity index (χ1) is 8.25. The van der Waals surface area contributed by atoms with Gasteiger partial charge in [-0.15, -0.1) is 0 Å². The van der Waals surface area contributed by atoms with E-state index in [2.05, 4.69) is 21.2 Å². The summed E-state index contributed by atoms with van der Waals surface area (Å²) in [5, 5.41) is 2.96. The molecule has 0 spiro atoms. The smallest absolute Gasteiger partial charge is 0.251 e. The van der Waals surface area contributed by atoms with Crippen LogP contribution in [0.5, 0.6) is 0 Å². The van der Waals surface area contributed by atoms with Crippen molar-refractivity contribution in [3.63, 3.8) is 0 Å². The van der Waals surface area contributed by atoms with Crippen molar-refractivity contribution in [2.45, 2.75) is 12.8 Å². The van der Waals surface area contributed by atoms with Crippen LogP contribution in [0.25, 0.3) is 0 Å². The zero-order chi connectivity index (χ0) is 12.1. The van der Waals surface area contributed by atoms with Crippen LogP contribution >= 0.6 is 15.9 Å². The molecule has 1 heterocycles. The van der Waals surface area contributed by atoms with Gasteiger partial charge in [0.15, 0.2) is 0 Å². The van der Waals surface area contributed by atoms with Crippen molar-refractivity contribution in [2.24, 2.45) is 5.92 Å². The molecular formula is C13H16BrNO2. The third kappa shape index (κ3) is 3.82. The Morgan fingerprint density at radius 1 is 1.53 bits per heavy atom. The second-order valence-corrected chi connectivity index (χ2v) is 5.22. The van der Waals surface area contributed by atoms with Crippen LogP contribution in [0.3, 0.4) is 0 Å². The van der Waals surface area contributed by atoms with Crippen molar-refractivity contribution < 1.29 is 9.53 Å². The van der Waals surface area contributed by atoms with Gasteiger partial charge in [-0.25, -0.2) is 0 Å². The summed E-state index contributed by atoms with van der Waals surface area (Å²) in [7, 11) is 0. The van der Waals surface area contributed by atoms with Crippen molar-refractivity contribution >= 4 is 21.8 Å². The zero-order valence-corrected chi connectivity index (χ0v) is 11.2. The van der Waals surface area contributed by atoms with Crippen molar-refractivity contribution in [1.82, 2.24) is 5.32 Å². The average molecular weight is 298 g/mol. The molecule has 1 saturated heterocycles. The summed E-state index contributed by atoms with van der Waals surface area (Å²) >= 11 is 3.36. The maximum Gasteiger partial charge on any atom is 0.251 e. The molecule has 1 fully saturated rings. The molecule has 1 aromatic rings. The number of amides is 1. The molecule has 0 aromatic heterocycles. The first-order valence-electron chi connectivity index (χ1n) is 5.87. The first-order valence-corrected chi connectivity index (χ1v) is 6.66. The normalized spacial score (nSPS) is 19.9. The van der Waals surface area contributed by atoms with Gasteiger partial charge in [0, 0.05) is 23.2 Å². The van der Waals surface area contributed by atoms with Crippen LogP contribution < -0.4 is 5.32 Å². The van der Waals surface area contributed by atoms with Crippen LogP contribution in [-0.4, -0.2) is 25.7 Å². The topological polar surface area (TPSA) is 38.3 Å². The maximum atomic E-state index is 11.9. The molecule has 0 radical (unpaired) electrons. The minimum absolute atomic E-state index is 0.0168. The number of nitrogens with one attached hydrogen (secondary N) is 1. The average Bonchev–Trinajstić information content (AvgIpc) is 2.37. The lowest BCUT2D eigenvalue weighted by Crippen LogP contribution is -2.33. The van der Waals surface area contributed by atoms with E-state index in [1.807, 2.05) is 24.3 Å². The van der Waals surface area contributed by atoms with Gasteiger partial charge in [-0.05, 0) is 37.0 Å². The Bertz CT molecular complexity index is 389. The quantitative estimate of drug-likeness (QED) is 0.931. The summed E-state index contributed by atoms with van der Waals surface area (Å²) in [6, 6.07) is 7.42. The molecule has 1 amide bonds. The highest BCUT2D eigenvalue weighted by atomic mass is 79.9. The summed E-state index contributed by atoms with van der Waals surface area (Å²) in [6.07, 6.45) is 2.23. The van der Waals surface area contributed by atoms with E-state index >= 15 is 0 Å². The number of hydrogen-bond donors (Lipinski definition) is 1. The van der Waals surface area contributed by atoms with Gasteiger partial charge >= 0.3 is 0 Å². The first kappa shape index (κ1) is 12.6. The van der Waals surface area contributed by atoms with Gasteiger partial charge in [0.25, 0.3) is 5.91 Å².